The normalized spacial score (nSPS) is 43.9. The van der Waals surface area contributed by atoms with Crippen molar-refractivity contribution in [3.05, 3.63) is 35.9 Å². The van der Waals surface area contributed by atoms with Gasteiger partial charge < -0.3 is 14.6 Å². The SMILES string of the molecule is C[C@@H]1[C@H]2[C@H]3CC[C@@H]4[C@]5(C)[C@@H](CC[C@@]4(C)[C@]3(C)CC[C@@]2(C)CC[C@H]1C)C(C)(C)CCC5(OC(=O)CCCC(=O)OCc1ccccc1)C(=O)O. The zero-order valence-corrected chi connectivity index (χ0v) is 31.7. The molecule has 0 amide bonds. The van der Waals surface area contributed by atoms with Crippen LogP contribution in [0.1, 0.15) is 144 Å². The lowest BCUT2D eigenvalue weighted by molar-refractivity contribution is -0.294. The van der Waals surface area contributed by atoms with Crippen molar-refractivity contribution in [2.24, 2.45) is 62.6 Å². The van der Waals surface area contributed by atoms with Crippen LogP contribution in [0.2, 0.25) is 0 Å². The van der Waals surface area contributed by atoms with Crippen LogP contribution in [0.4, 0.5) is 0 Å². The molecule has 0 aromatic heterocycles. The fourth-order valence-corrected chi connectivity index (χ4v) is 13.6. The number of rotatable bonds is 8. The molecule has 6 rings (SSSR count). The van der Waals surface area contributed by atoms with Gasteiger partial charge in [-0.1, -0.05) is 85.7 Å². The fourth-order valence-electron chi connectivity index (χ4n) is 13.6. The molecule has 5 aliphatic rings. The molecule has 0 bridgehead atoms. The summed E-state index contributed by atoms with van der Waals surface area (Å²) >= 11 is 0. The van der Waals surface area contributed by atoms with Gasteiger partial charge in [0.25, 0.3) is 0 Å². The van der Waals surface area contributed by atoms with Crippen LogP contribution in [0.15, 0.2) is 30.3 Å². The number of benzene rings is 1. The first-order chi connectivity index (χ1) is 23.0. The smallest absolute Gasteiger partial charge is 0.348 e. The molecule has 6 nitrogen and oxygen atoms in total. The average Bonchev–Trinajstić information content (AvgIpc) is 3.04. The van der Waals surface area contributed by atoms with E-state index in [1.165, 1.54) is 25.7 Å². The number of esters is 2. The van der Waals surface area contributed by atoms with Crippen LogP contribution in [0, 0.1) is 62.6 Å². The molecule has 5 fully saturated rings. The van der Waals surface area contributed by atoms with Gasteiger partial charge in [0.15, 0.2) is 0 Å². The van der Waals surface area contributed by atoms with E-state index in [-0.39, 0.29) is 59.9 Å². The van der Waals surface area contributed by atoms with Gasteiger partial charge in [0, 0.05) is 18.3 Å². The quantitative estimate of drug-likeness (QED) is 0.276. The van der Waals surface area contributed by atoms with Gasteiger partial charge in [0.2, 0.25) is 5.60 Å². The van der Waals surface area contributed by atoms with E-state index in [9.17, 15) is 19.5 Å². The molecule has 0 heterocycles. The lowest BCUT2D eigenvalue weighted by Gasteiger charge is -2.75. The fraction of sp³-hybridized carbons (Fsp3) is 0.791. The molecule has 1 aromatic rings. The van der Waals surface area contributed by atoms with Crippen molar-refractivity contribution in [2.75, 3.05) is 0 Å². The third-order valence-corrected chi connectivity index (χ3v) is 16.7. The van der Waals surface area contributed by atoms with Gasteiger partial charge in [-0.2, -0.15) is 0 Å². The molecular weight excluding hydrogens is 612 g/mol. The molecule has 0 spiro atoms. The first kappa shape index (κ1) is 36.4. The van der Waals surface area contributed by atoms with Gasteiger partial charge in [-0.15, -0.1) is 0 Å². The number of carbonyl (C=O) groups is 3. The van der Waals surface area contributed by atoms with E-state index in [1.807, 2.05) is 30.3 Å². The molecule has 49 heavy (non-hydrogen) atoms. The molecule has 0 aliphatic heterocycles. The summed E-state index contributed by atoms with van der Waals surface area (Å²) < 4.78 is 11.8. The summed E-state index contributed by atoms with van der Waals surface area (Å²) in [7, 11) is 0. The van der Waals surface area contributed by atoms with Crippen molar-refractivity contribution in [2.45, 2.75) is 151 Å². The highest BCUT2D eigenvalue weighted by Crippen LogP contribution is 2.78. The van der Waals surface area contributed by atoms with Crippen molar-refractivity contribution >= 4 is 17.9 Å². The van der Waals surface area contributed by atoms with Crippen LogP contribution in [0.3, 0.4) is 0 Å². The zero-order chi connectivity index (χ0) is 35.6. The highest BCUT2D eigenvalue weighted by molar-refractivity contribution is 5.84. The number of fused-ring (bicyclic) bond motifs is 7. The summed E-state index contributed by atoms with van der Waals surface area (Å²) in [6.07, 6.45) is 10.7. The Kier molecular flexibility index (Phi) is 9.43. The Bertz CT molecular complexity index is 1420. The number of aliphatic carboxylic acids is 1. The van der Waals surface area contributed by atoms with E-state index in [2.05, 4.69) is 55.4 Å². The number of carbonyl (C=O) groups excluding carboxylic acids is 2. The molecule has 11 atom stereocenters. The molecule has 272 valence electrons. The zero-order valence-electron chi connectivity index (χ0n) is 31.7. The number of hydrogen-bond acceptors (Lipinski definition) is 5. The third kappa shape index (κ3) is 5.59. The van der Waals surface area contributed by atoms with E-state index in [0.717, 1.165) is 37.2 Å². The average molecular weight is 677 g/mol. The van der Waals surface area contributed by atoms with Crippen LogP contribution in [-0.4, -0.2) is 28.6 Å². The summed E-state index contributed by atoms with van der Waals surface area (Å²) in [5, 5.41) is 11.3. The van der Waals surface area contributed by atoms with Crippen molar-refractivity contribution in [3.8, 4) is 0 Å². The second kappa shape index (κ2) is 12.7. The molecule has 0 radical (unpaired) electrons. The maximum absolute atomic E-state index is 13.8. The van der Waals surface area contributed by atoms with Crippen molar-refractivity contribution in [3.63, 3.8) is 0 Å². The van der Waals surface area contributed by atoms with E-state index in [0.29, 0.717) is 36.0 Å². The van der Waals surface area contributed by atoms with E-state index < -0.39 is 23.0 Å². The predicted octanol–water partition coefficient (Wildman–Crippen LogP) is 10.0. The number of hydrogen-bond donors (Lipinski definition) is 1. The standard InChI is InChI=1S/C43H64O6/c1-28-19-21-39(5)24-25-40(6)31(36(39)29(28)2)17-18-33-41(40,7)22-20-32-38(3,4)23-26-43(37(46)47,42(32,33)8)49-35(45)16-12-15-34(44)48-27-30-13-10-9-11-14-30/h9-11,13-14,28-29,31-33,36H,12,15-27H2,1-8H3,(H,46,47)/t28-,29+,31-,32+,33+,36+,39-,40-,41-,42+,43?/m1/s1. The second-order valence-electron chi connectivity index (χ2n) is 19.1. The Labute approximate surface area is 295 Å². The minimum Gasteiger partial charge on any atom is -0.478 e. The van der Waals surface area contributed by atoms with Gasteiger partial charge >= 0.3 is 17.9 Å². The third-order valence-electron chi connectivity index (χ3n) is 16.7. The molecule has 5 saturated carbocycles. The van der Waals surface area contributed by atoms with E-state index >= 15 is 0 Å². The Morgan fingerprint density at radius 1 is 0.755 bits per heavy atom. The van der Waals surface area contributed by atoms with Crippen molar-refractivity contribution in [1.29, 1.82) is 0 Å². The van der Waals surface area contributed by atoms with Gasteiger partial charge in [-0.25, -0.2) is 4.79 Å². The Morgan fingerprint density at radius 2 is 1.45 bits per heavy atom. The first-order valence-electron chi connectivity index (χ1n) is 19.6. The van der Waals surface area contributed by atoms with Crippen molar-refractivity contribution < 1.29 is 29.0 Å². The summed E-state index contributed by atoms with van der Waals surface area (Å²) in [6.45, 7) is 19.7. The largest absolute Gasteiger partial charge is 0.478 e. The van der Waals surface area contributed by atoms with Crippen LogP contribution in [-0.2, 0) is 30.5 Å². The first-order valence-corrected chi connectivity index (χ1v) is 19.6. The maximum atomic E-state index is 13.8. The van der Waals surface area contributed by atoms with E-state index in [4.69, 9.17) is 9.47 Å². The van der Waals surface area contributed by atoms with Crippen LogP contribution >= 0.6 is 0 Å². The molecule has 1 aromatic carbocycles. The van der Waals surface area contributed by atoms with Gasteiger partial charge in [0.05, 0.1) is 0 Å². The molecule has 0 saturated heterocycles. The summed E-state index contributed by atoms with van der Waals surface area (Å²) in [6, 6.07) is 9.52. The highest BCUT2D eigenvalue weighted by atomic mass is 16.6. The van der Waals surface area contributed by atoms with E-state index in [1.54, 1.807) is 0 Å². The Morgan fingerprint density at radius 3 is 2.14 bits per heavy atom. The lowest BCUT2D eigenvalue weighted by atomic mass is 9.30. The molecule has 5 aliphatic carbocycles. The summed E-state index contributed by atoms with van der Waals surface area (Å²) in [5.41, 5.74) is -1.00. The monoisotopic (exact) mass is 676 g/mol. The highest BCUT2D eigenvalue weighted by Gasteiger charge is 2.76. The molecular formula is C43H64O6. The molecule has 6 heteroatoms. The van der Waals surface area contributed by atoms with Gasteiger partial charge in [0.1, 0.15) is 6.61 Å². The second-order valence-corrected chi connectivity index (χ2v) is 19.1. The molecule has 1 unspecified atom stereocenters. The van der Waals surface area contributed by atoms with Gasteiger partial charge in [-0.3, -0.25) is 9.59 Å². The van der Waals surface area contributed by atoms with Crippen LogP contribution in [0.25, 0.3) is 0 Å². The lowest BCUT2D eigenvalue weighted by Crippen LogP contribution is -2.74. The summed E-state index contributed by atoms with van der Waals surface area (Å²) in [4.78, 5) is 40.0. The summed E-state index contributed by atoms with van der Waals surface area (Å²) in [5.74, 6) is 1.16. The van der Waals surface area contributed by atoms with Crippen LogP contribution in [0.5, 0.6) is 0 Å². The number of carboxylic acids is 1. The van der Waals surface area contributed by atoms with Crippen LogP contribution < -0.4 is 0 Å². The Balaban J connectivity index is 1.26. The minimum absolute atomic E-state index is 0.00232. The van der Waals surface area contributed by atoms with Gasteiger partial charge in [-0.05, 0) is 133 Å². The predicted molar refractivity (Wildman–Crippen MR) is 191 cm³/mol. The maximum Gasteiger partial charge on any atom is 0.348 e. The Hall–Kier alpha value is -2.37. The molecule has 1 N–H and O–H groups in total. The van der Waals surface area contributed by atoms with Crippen molar-refractivity contribution in [1.82, 2.24) is 0 Å². The topological polar surface area (TPSA) is 89.9 Å². The number of carboxylic acid groups (broad SMARTS) is 1. The number of ether oxygens (including phenoxy) is 2. The minimum atomic E-state index is -1.59.